The Kier molecular flexibility index (Phi) is 6.13. The standard InChI is InChI=1S/C19H21F3N2O2/c1-12(2)14-4-10-17(11-5-14)26-13(3)23-18(25)24-16-8-6-15(7-9-16)19(20,21)22/h4-13H,1-3H3,(H2,23,24,25). The van der Waals surface area contributed by atoms with Gasteiger partial charge in [0.05, 0.1) is 5.56 Å². The lowest BCUT2D eigenvalue weighted by molar-refractivity contribution is -0.137. The number of benzene rings is 2. The minimum Gasteiger partial charge on any atom is -0.471 e. The Balaban J connectivity index is 1.86. The normalized spacial score (nSPS) is 12.6. The van der Waals surface area contributed by atoms with E-state index in [9.17, 15) is 18.0 Å². The number of carbonyl (C=O) groups excluding carboxylic acids is 1. The van der Waals surface area contributed by atoms with Crippen LogP contribution in [0.5, 0.6) is 5.75 Å². The van der Waals surface area contributed by atoms with E-state index in [0.29, 0.717) is 11.7 Å². The molecule has 0 aliphatic carbocycles. The van der Waals surface area contributed by atoms with Gasteiger partial charge in [-0.1, -0.05) is 26.0 Å². The van der Waals surface area contributed by atoms with Gasteiger partial charge < -0.3 is 15.4 Å². The molecule has 0 aromatic heterocycles. The highest BCUT2D eigenvalue weighted by atomic mass is 19.4. The second-order valence-corrected chi connectivity index (χ2v) is 6.16. The molecule has 26 heavy (non-hydrogen) atoms. The lowest BCUT2D eigenvalue weighted by atomic mass is 10.0. The van der Waals surface area contributed by atoms with Crippen molar-refractivity contribution in [3.63, 3.8) is 0 Å². The largest absolute Gasteiger partial charge is 0.471 e. The van der Waals surface area contributed by atoms with Crippen molar-refractivity contribution in [3.05, 3.63) is 59.7 Å². The van der Waals surface area contributed by atoms with Crippen LogP contribution in [0.15, 0.2) is 48.5 Å². The van der Waals surface area contributed by atoms with Crippen LogP contribution in [0, 0.1) is 0 Å². The molecule has 0 saturated heterocycles. The predicted octanol–water partition coefficient (Wildman–Crippen LogP) is 5.38. The number of hydrogen-bond acceptors (Lipinski definition) is 2. The molecule has 0 spiro atoms. The first-order valence-electron chi connectivity index (χ1n) is 8.16. The molecule has 7 heteroatoms. The zero-order chi connectivity index (χ0) is 19.3. The number of anilines is 1. The van der Waals surface area contributed by atoms with E-state index in [4.69, 9.17) is 4.74 Å². The SMILES string of the molecule is CC(NC(=O)Nc1ccc(C(F)(F)F)cc1)Oc1ccc(C(C)C)cc1. The molecular formula is C19H21F3N2O2. The zero-order valence-electron chi connectivity index (χ0n) is 14.7. The van der Waals surface area contributed by atoms with Crippen LogP contribution in [-0.2, 0) is 6.18 Å². The van der Waals surface area contributed by atoms with Crippen LogP contribution in [0.4, 0.5) is 23.7 Å². The van der Waals surface area contributed by atoms with Crippen molar-refractivity contribution in [2.45, 2.75) is 39.1 Å². The van der Waals surface area contributed by atoms with Crippen LogP contribution in [0.1, 0.15) is 37.8 Å². The minimum atomic E-state index is -4.41. The van der Waals surface area contributed by atoms with Crippen molar-refractivity contribution >= 4 is 11.7 Å². The third kappa shape index (κ3) is 5.68. The van der Waals surface area contributed by atoms with Gasteiger partial charge in [0.25, 0.3) is 0 Å². The molecule has 0 radical (unpaired) electrons. The molecule has 0 heterocycles. The highest BCUT2D eigenvalue weighted by molar-refractivity contribution is 5.89. The number of hydrogen-bond donors (Lipinski definition) is 2. The summed E-state index contributed by atoms with van der Waals surface area (Å²) in [5.41, 5.74) is 0.659. The van der Waals surface area contributed by atoms with Crippen molar-refractivity contribution in [1.82, 2.24) is 5.32 Å². The van der Waals surface area contributed by atoms with Crippen molar-refractivity contribution in [2.75, 3.05) is 5.32 Å². The maximum absolute atomic E-state index is 12.5. The smallest absolute Gasteiger partial charge is 0.416 e. The van der Waals surface area contributed by atoms with Gasteiger partial charge in [-0.3, -0.25) is 0 Å². The molecule has 0 bridgehead atoms. The molecule has 2 aromatic carbocycles. The highest BCUT2D eigenvalue weighted by Crippen LogP contribution is 2.29. The summed E-state index contributed by atoms with van der Waals surface area (Å²) >= 11 is 0. The first-order chi connectivity index (χ1) is 12.1. The van der Waals surface area contributed by atoms with Crippen LogP contribution in [-0.4, -0.2) is 12.3 Å². The fourth-order valence-corrected chi connectivity index (χ4v) is 2.26. The second kappa shape index (κ2) is 8.12. The van der Waals surface area contributed by atoms with Crippen LogP contribution >= 0.6 is 0 Å². The summed E-state index contributed by atoms with van der Waals surface area (Å²) in [5, 5.41) is 5.03. The van der Waals surface area contributed by atoms with Gasteiger partial charge in [0.15, 0.2) is 6.23 Å². The molecule has 2 rings (SSSR count). The van der Waals surface area contributed by atoms with Crippen LogP contribution in [0.25, 0.3) is 0 Å². The first-order valence-corrected chi connectivity index (χ1v) is 8.16. The summed E-state index contributed by atoms with van der Waals surface area (Å²) in [6, 6.07) is 11.2. The Morgan fingerprint density at radius 2 is 1.54 bits per heavy atom. The van der Waals surface area contributed by atoms with E-state index in [0.717, 1.165) is 12.1 Å². The summed E-state index contributed by atoms with van der Waals surface area (Å²) in [6.45, 7) is 5.83. The quantitative estimate of drug-likeness (QED) is 0.699. The molecule has 4 nitrogen and oxygen atoms in total. The fourth-order valence-electron chi connectivity index (χ4n) is 2.26. The van der Waals surface area contributed by atoms with Crippen LogP contribution in [0.2, 0.25) is 0 Å². The average Bonchev–Trinajstić information content (AvgIpc) is 2.54. The molecule has 140 valence electrons. The Morgan fingerprint density at radius 3 is 2.04 bits per heavy atom. The van der Waals surface area contributed by atoms with Crippen molar-refractivity contribution in [1.29, 1.82) is 0 Å². The number of carbonyl (C=O) groups is 1. The number of nitrogens with one attached hydrogen (secondary N) is 2. The summed E-state index contributed by atoms with van der Waals surface area (Å²) in [7, 11) is 0. The third-order valence-electron chi connectivity index (χ3n) is 3.66. The Morgan fingerprint density at radius 1 is 0.962 bits per heavy atom. The molecule has 0 fully saturated rings. The lowest BCUT2D eigenvalue weighted by Crippen LogP contribution is -2.39. The van der Waals surface area contributed by atoms with Crippen LogP contribution in [0.3, 0.4) is 0 Å². The van der Waals surface area contributed by atoms with E-state index in [1.165, 1.54) is 17.7 Å². The van der Waals surface area contributed by atoms with Gasteiger partial charge in [0.2, 0.25) is 0 Å². The zero-order valence-corrected chi connectivity index (χ0v) is 14.7. The second-order valence-electron chi connectivity index (χ2n) is 6.16. The minimum absolute atomic E-state index is 0.254. The number of halogens is 3. The van der Waals surface area contributed by atoms with Gasteiger partial charge in [-0.2, -0.15) is 13.2 Å². The van der Waals surface area contributed by atoms with Gasteiger partial charge in [-0.05, 0) is 54.8 Å². The van der Waals surface area contributed by atoms with E-state index in [-0.39, 0.29) is 5.69 Å². The number of rotatable bonds is 5. The van der Waals surface area contributed by atoms with E-state index in [1.54, 1.807) is 6.92 Å². The van der Waals surface area contributed by atoms with E-state index >= 15 is 0 Å². The molecule has 2 amide bonds. The van der Waals surface area contributed by atoms with Crippen molar-refractivity contribution in [2.24, 2.45) is 0 Å². The molecule has 1 atom stereocenters. The maximum Gasteiger partial charge on any atom is 0.416 e. The summed E-state index contributed by atoms with van der Waals surface area (Å²) in [6.07, 6.45) is -5.02. The number of amides is 2. The van der Waals surface area contributed by atoms with Crippen molar-refractivity contribution in [3.8, 4) is 5.75 Å². The Bertz CT molecular complexity index is 726. The van der Waals surface area contributed by atoms with Crippen molar-refractivity contribution < 1.29 is 22.7 Å². The monoisotopic (exact) mass is 366 g/mol. The molecule has 0 saturated carbocycles. The summed E-state index contributed by atoms with van der Waals surface area (Å²) in [5.74, 6) is 1.02. The summed E-state index contributed by atoms with van der Waals surface area (Å²) < 4.78 is 43.1. The topological polar surface area (TPSA) is 50.4 Å². The van der Waals surface area contributed by atoms with E-state index in [2.05, 4.69) is 24.5 Å². The first kappa shape index (κ1) is 19.6. The predicted molar refractivity (Wildman–Crippen MR) is 94.2 cm³/mol. The van der Waals surface area contributed by atoms with Gasteiger partial charge in [-0.25, -0.2) is 4.79 Å². The van der Waals surface area contributed by atoms with Gasteiger partial charge >= 0.3 is 12.2 Å². The number of ether oxygens (including phenoxy) is 1. The number of alkyl halides is 3. The molecule has 0 aliphatic heterocycles. The molecular weight excluding hydrogens is 345 g/mol. The Labute approximate surface area is 150 Å². The third-order valence-corrected chi connectivity index (χ3v) is 3.66. The van der Waals surface area contributed by atoms with Gasteiger partial charge in [0, 0.05) is 5.69 Å². The van der Waals surface area contributed by atoms with Gasteiger partial charge in [-0.15, -0.1) is 0 Å². The van der Waals surface area contributed by atoms with Crippen LogP contribution < -0.4 is 15.4 Å². The molecule has 0 aliphatic rings. The summed E-state index contributed by atoms with van der Waals surface area (Å²) in [4.78, 5) is 11.9. The number of urea groups is 1. The lowest BCUT2D eigenvalue weighted by Gasteiger charge is -2.17. The Hall–Kier alpha value is -2.70. The molecule has 2 aromatic rings. The van der Waals surface area contributed by atoms with E-state index in [1.807, 2.05) is 24.3 Å². The highest BCUT2D eigenvalue weighted by Gasteiger charge is 2.30. The van der Waals surface area contributed by atoms with E-state index < -0.39 is 24.0 Å². The fraction of sp³-hybridized carbons (Fsp3) is 0.316. The molecule has 2 N–H and O–H groups in total. The average molecular weight is 366 g/mol. The maximum atomic E-state index is 12.5. The molecule has 1 unspecified atom stereocenters. The van der Waals surface area contributed by atoms with Gasteiger partial charge in [0.1, 0.15) is 5.75 Å².